The van der Waals surface area contributed by atoms with Gasteiger partial charge in [0.2, 0.25) is 0 Å². The molecule has 2 rings (SSSR count). The topological polar surface area (TPSA) is 16.6 Å². The molecule has 1 nitrogen and oxygen atoms in total. The van der Waals surface area contributed by atoms with Gasteiger partial charge < -0.3 is 5.32 Å². The number of halogens is 1. The van der Waals surface area contributed by atoms with Gasteiger partial charge in [-0.15, -0.1) is 0 Å². The number of quaternary nitrogens is 1. The number of nitrogens with two attached hydrogens (primary N) is 1. The molecule has 0 spiro atoms. The monoisotopic (exact) mass is 246 g/mol. The molecule has 0 aliphatic rings. The summed E-state index contributed by atoms with van der Waals surface area (Å²) in [5.41, 5.74) is 3.85. The molecule has 0 unspecified atom stereocenters. The molecule has 2 heteroatoms. The Bertz CT molecular complexity index is 477. The molecule has 2 aromatic carbocycles. The molecule has 0 aliphatic heterocycles. The molecule has 0 bridgehead atoms. The van der Waals surface area contributed by atoms with E-state index in [1.54, 1.807) is 0 Å². The molecule has 0 saturated heterocycles. The van der Waals surface area contributed by atoms with Crippen LogP contribution in [0.1, 0.15) is 16.7 Å². The lowest BCUT2D eigenvalue weighted by molar-refractivity contribution is -0.686. The van der Waals surface area contributed by atoms with E-state index in [0.29, 0.717) is 0 Å². The van der Waals surface area contributed by atoms with Crippen molar-refractivity contribution in [3.8, 4) is 0 Å². The summed E-state index contributed by atoms with van der Waals surface area (Å²) in [5.74, 6) is 0. The largest absolute Gasteiger partial charge is 0.339 e. The number of rotatable bonds is 4. The van der Waals surface area contributed by atoms with Gasteiger partial charge in [-0.05, 0) is 13.0 Å². The lowest BCUT2D eigenvalue weighted by Crippen LogP contribution is -2.80. The van der Waals surface area contributed by atoms with Crippen LogP contribution in [0.2, 0.25) is 5.02 Å². The molecular weight excluding hydrogens is 230 g/mol. The Kier molecular flexibility index (Phi) is 4.18. The average Bonchev–Trinajstić information content (AvgIpc) is 2.34. The van der Waals surface area contributed by atoms with E-state index in [1.807, 2.05) is 18.2 Å². The Hall–Kier alpha value is -1.31. The zero-order chi connectivity index (χ0) is 12.1. The third-order valence-corrected chi connectivity index (χ3v) is 3.19. The van der Waals surface area contributed by atoms with Crippen molar-refractivity contribution in [3.05, 3.63) is 70.2 Å². The fourth-order valence-electron chi connectivity index (χ4n) is 1.78. The fourth-order valence-corrected chi connectivity index (χ4v) is 2.00. The molecule has 0 aromatic heterocycles. The maximum Gasteiger partial charge on any atom is 0.103 e. The van der Waals surface area contributed by atoms with Crippen molar-refractivity contribution in [3.63, 3.8) is 0 Å². The second kappa shape index (κ2) is 5.85. The minimum Gasteiger partial charge on any atom is -0.339 e. The highest BCUT2D eigenvalue weighted by Crippen LogP contribution is 2.13. The van der Waals surface area contributed by atoms with Crippen LogP contribution in [0.25, 0.3) is 0 Å². The van der Waals surface area contributed by atoms with Crippen LogP contribution < -0.4 is 5.32 Å². The predicted octanol–water partition coefficient (Wildman–Crippen LogP) is 2.91. The fraction of sp³-hybridized carbons (Fsp3) is 0.200. The van der Waals surface area contributed by atoms with E-state index in [2.05, 4.69) is 42.6 Å². The van der Waals surface area contributed by atoms with E-state index in [-0.39, 0.29) is 0 Å². The number of hydrogen-bond acceptors (Lipinski definition) is 0. The van der Waals surface area contributed by atoms with E-state index in [0.717, 1.165) is 18.1 Å². The van der Waals surface area contributed by atoms with Gasteiger partial charge in [-0.2, -0.15) is 0 Å². The Morgan fingerprint density at radius 1 is 0.941 bits per heavy atom. The Morgan fingerprint density at radius 3 is 2.35 bits per heavy atom. The molecular formula is C15H17ClN+. The summed E-state index contributed by atoms with van der Waals surface area (Å²) < 4.78 is 0. The average molecular weight is 247 g/mol. The Balaban J connectivity index is 1.88. The van der Waals surface area contributed by atoms with Crippen LogP contribution in [-0.2, 0) is 13.1 Å². The molecule has 0 amide bonds. The number of aryl methyl sites for hydroxylation is 1. The van der Waals surface area contributed by atoms with Gasteiger partial charge in [0.05, 0.1) is 0 Å². The van der Waals surface area contributed by atoms with E-state index >= 15 is 0 Å². The lowest BCUT2D eigenvalue weighted by Gasteiger charge is -2.04. The summed E-state index contributed by atoms with van der Waals surface area (Å²) in [7, 11) is 0. The SMILES string of the molecule is Cc1ccc(C[NH2+]Cc2ccccc2Cl)cc1. The molecule has 0 atom stereocenters. The molecule has 0 aliphatic carbocycles. The van der Waals surface area contributed by atoms with Gasteiger partial charge in [-0.3, -0.25) is 0 Å². The van der Waals surface area contributed by atoms with Crippen molar-refractivity contribution in [1.29, 1.82) is 0 Å². The number of hydrogen-bond donors (Lipinski definition) is 1. The second-order valence-corrected chi connectivity index (χ2v) is 4.68. The summed E-state index contributed by atoms with van der Waals surface area (Å²) >= 11 is 6.11. The minimum atomic E-state index is 0.854. The van der Waals surface area contributed by atoms with E-state index in [1.165, 1.54) is 16.7 Å². The predicted molar refractivity (Wildman–Crippen MR) is 72.0 cm³/mol. The van der Waals surface area contributed by atoms with E-state index < -0.39 is 0 Å². The van der Waals surface area contributed by atoms with Gasteiger partial charge in [-0.25, -0.2) is 0 Å². The van der Waals surface area contributed by atoms with Crippen LogP contribution in [0.5, 0.6) is 0 Å². The Morgan fingerprint density at radius 2 is 1.65 bits per heavy atom. The first kappa shape index (κ1) is 12.2. The van der Waals surface area contributed by atoms with E-state index in [4.69, 9.17) is 11.6 Å². The van der Waals surface area contributed by atoms with Crippen molar-refractivity contribution in [2.24, 2.45) is 0 Å². The summed E-state index contributed by atoms with van der Waals surface area (Å²) in [6.07, 6.45) is 0. The second-order valence-electron chi connectivity index (χ2n) is 4.27. The zero-order valence-corrected chi connectivity index (χ0v) is 10.7. The smallest absolute Gasteiger partial charge is 0.103 e. The Labute approximate surface area is 107 Å². The quantitative estimate of drug-likeness (QED) is 0.855. The van der Waals surface area contributed by atoms with Crippen LogP contribution in [0.3, 0.4) is 0 Å². The maximum atomic E-state index is 6.11. The maximum absolute atomic E-state index is 6.11. The molecule has 2 aromatic rings. The highest BCUT2D eigenvalue weighted by atomic mass is 35.5. The van der Waals surface area contributed by atoms with Crippen molar-refractivity contribution in [2.45, 2.75) is 20.0 Å². The summed E-state index contributed by atoms with van der Waals surface area (Å²) in [4.78, 5) is 0. The first-order chi connectivity index (χ1) is 8.25. The first-order valence-electron chi connectivity index (χ1n) is 5.86. The summed E-state index contributed by atoms with van der Waals surface area (Å²) in [5, 5.41) is 3.12. The first-order valence-corrected chi connectivity index (χ1v) is 6.24. The van der Waals surface area contributed by atoms with Crippen LogP contribution in [0, 0.1) is 6.92 Å². The summed E-state index contributed by atoms with van der Waals surface area (Å²) in [6.45, 7) is 4.02. The lowest BCUT2D eigenvalue weighted by atomic mass is 10.1. The molecule has 0 saturated carbocycles. The molecule has 17 heavy (non-hydrogen) atoms. The van der Waals surface area contributed by atoms with Crippen molar-refractivity contribution >= 4 is 11.6 Å². The zero-order valence-electron chi connectivity index (χ0n) is 9.99. The molecule has 0 fully saturated rings. The molecule has 0 heterocycles. The van der Waals surface area contributed by atoms with Gasteiger partial charge in [0.15, 0.2) is 0 Å². The van der Waals surface area contributed by atoms with Gasteiger partial charge >= 0.3 is 0 Å². The molecule has 2 N–H and O–H groups in total. The van der Waals surface area contributed by atoms with Gasteiger partial charge in [0.25, 0.3) is 0 Å². The van der Waals surface area contributed by atoms with Gasteiger partial charge in [0.1, 0.15) is 13.1 Å². The van der Waals surface area contributed by atoms with Crippen LogP contribution >= 0.6 is 11.6 Å². The van der Waals surface area contributed by atoms with Crippen LogP contribution in [-0.4, -0.2) is 0 Å². The normalized spacial score (nSPS) is 10.5. The van der Waals surface area contributed by atoms with Crippen molar-refractivity contribution in [1.82, 2.24) is 0 Å². The van der Waals surface area contributed by atoms with Crippen LogP contribution in [0.4, 0.5) is 0 Å². The van der Waals surface area contributed by atoms with Crippen molar-refractivity contribution in [2.75, 3.05) is 0 Å². The number of benzene rings is 2. The highest BCUT2D eigenvalue weighted by Gasteiger charge is 2.01. The third kappa shape index (κ3) is 3.58. The standard InChI is InChI=1S/C15H16ClN/c1-12-6-8-13(9-7-12)10-17-11-14-4-2-3-5-15(14)16/h2-9,17H,10-11H2,1H3/p+1. The van der Waals surface area contributed by atoms with Gasteiger partial charge in [0, 0.05) is 16.1 Å². The minimum absolute atomic E-state index is 0.854. The van der Waals surface area contributed by atoms with E-state index in [9.17, 15) is 0 Å². The van der Waals surface area contributed by atoms with Crippen LogP contribution in [0.15, 0.2) is 48.5 Å². The van der Waals surface area contributed by atoms with Gasteiger partial charge in [-0.1, -0.05) is 59.6 Å². The summed E-state index contributed by atoms with van der Waals surface area (Å²) in [6, 6.07) is 16.7. The van der Waals surface area contributed by atoms with Crippen molar-refractivity contribution < 1.29 is 5.32 Å². The molecule has 0 radical (unpaired) electrons. The molecule has 88 valence electrons. The highest BCUT2D eigenvalue weighted by molar-refractivity contribution is 6.31. The third-order valence-electron chi connectivity index (χ3n) is 2.82.